The van der Waals surface area contributed by atoms with E-state index in [4.69, 9.17) is 27.9 Å². The lowest BCUT2D eigenvalue weighted by molar-refractivity contribution is -0.125. The SMILES string of the molecule is COc1ccc(Cl)cc1-n1c(SCC(=O)N(C)C)nnc1-c1cccc(Cl)c1. The molecule has 0 unspecified atom stereocenters. The summed E-state index contributed by atoms with van der Waals surface area (Å²) in [7, 11) is 5.01. The van der Waals surface area contributed by atoms with Crippen LogP contribution >= 0.6 is 35.0 Å². The van der Waals surface area contributed by atoms with Crippen molar-refractivity contribution in [2.75, 3.05) is 27.0 Å². The molecule has 0 spiro atoms. The second kappa shape index (κ2) is 8.86. The first-order valence-electron chi connectivity index (χ1n) is 8.29. The first-order chi connectivity index (χ1) is 13.4. The van der Waals surface area contributed by atoms with Crippen LogP contribution in [0.5, 0.6) is 5.75 Å². The number of halogens is 2. The van der Waals surface area contributed by atoms with E-state index in [2.05, 4.69) is 10.2 Å². The van der Waals surface area contributed by atoms with E-state index in [0.717, 1.165) is 5.56 Å². The molecule has 1 aromatic heterocycles. The molecular formula is C19H18Cl2N4O2S. The predicted octanol–water partition coefficient (Wildman–Crippen LogP) is 4.43. The van der Waals surface area contributed by atoms with Gasteiger partial charge in [-0.15, -0.1) is 10.2 Å². The maximum atomic E-state index is 12.0. The number of benzene rings is 2. The first kappa shape index (κ1) is 20.5. The summed E-state index contributed by atoms with van der Waals surface area (Å²) in [5.41, 5.74) is 1.46. The summed E-state index contributed by atoms with van der Waals surface area (Å²) in [4.78, 5) is 13.6. The van der Waals surface area contributed by atoms with Crippen LogP contribution in [0.15, 0.2) is 47.6 Å². The molecule has 0 bridgehead atoms. The van der Waals surface area contributed by atoms with Gasteiger partial charge in [0.05, 0.1) is 18.6 Å². The lowest BCUT2D eigenvalue weighted by Crippen LogP contribution is -2.23. The number of ether oxygens (including phenoxy) is 1. The monoisotopic (exact) mass is 436 g/mol. The molecule has 0 aliphatic rings. The number of carbonyl (C=O) groups excluding carboxylic acids is 1. The molecule has 146 valence electrons. The number of hydrogen-bond acceptors (Lipinski definition) is 5. The Labute approximate surface area is 177 Å². The summed E-state index contributed by atoms with van der Waals surface area (Å²) in [6, 6.07) is 12.6. The van der Waals surface area contributed by atoms with Crippen molar-refractivity contribution in [1.82, 2.24) is 19.7 Å². The summed E-state index contributed by atoms with van der Waals surface area (Å²) in [6.45, 7) is 0. The summed E-state index contributed by atoms with van der Waals surface area (Å²) in [5, 5.41) is 10.3. The molecule has 0 saturated heterocycles. The molecule has 0 saturated carbocycles. The quantitative estimate of drug-likeness (QED) is 0.534. The minimum atomic E-state index is -0.0260. The fourth-order valence-electron chi connectivity index (χ4n) is 2.49. The zero-order chi connectivity index (χ0) is 20.3. The molecule has 0 fully saturated rings. The smallest absolute Gasteiger partial charge is 0.232 e. The Morgan fingerprint density at radius 2 is 1.89 bits per heavy atom. The van der Waals surface area contributed by atoms with E-state index in [1.807, 2.05) is 16.7 Å². The summed E-state index contributed by atoms with van der Waals surface area (Å²) in [6.07, 6.45) is 0. The van der Waals surface area contributed by atoms with Gasteiger partial charge in [0.15, 0.2) is 11.0 Å². The van der Waals surface area contributed by atoms with Gasteiger partial charge in [0.2, 0.25) is 5.91 Å². The van der Waals surface area contributed by atoms with Crippen LogP contribution < -0.4 is 4.74 Å². The van der Waals surface area contributed by atoms with Crippen molar-refractivity contribution in [2.24, 2.45) is 0 Å². The van der Waals surface area contributed by atoms with Crippen molar-refractivity contribution < 1.29 is 9.53 Å². The Morgan fingerprint density at radius 1 is 1.14 bits per heavy atom. The average Bonchev–Trinajstić information content (AvgIpc) is 3.09. The number of amides is 1. The van der Waals surface area contributed by atoms with E-state index < -0.39 is 0 Å². The van der Waals surface area contributed by atoms with Gasteiger partial charge in [0.25, 0.3) is 0 Å². The van der Waals surface area contributed by atoms with Gasteiger partial charge in [-0.2, -0.15) is 0 Å². The van der Waals surface area contributed by atoms with Crippen LogP contribution in [0, 0.1) is 0 Å². The molecule has 1 heterocycles. The fourth-order valence-corrected chi connectivity index (χ4v) is 3.77. The minimum Gasteiger partial charge on any atom is -0.495 e. The Bertz CT molecular complexity index is 1010. The molecule has 6 nitrogen and oxygen atoms in total. The van der Waals surface area contributed by atoms with Crippen LogP contribution in [0.1, 0.15) is 0 Å². The molecule has 0 aliphatic heterocycles. The Hall–Kier alpha value is -2.22. The van der Waals surface area contributed by atoms with Gasteiger partial charge in [-0.3, -0.25) is 9.36 Å². The van der Waals surface area contributed by atoms with Gasteiger partial charge < -0.3 is 9.64 Å². The Kier molecular flexibility index (Phi) is 6.49. The number of methoxy groups -OCH3 is 1. The van der Waals surface area contributed by atoms with Crippen molar-refractivity contribution in [3.05, 3.63) is 52.5 Å². The van der Waals surface area contributed by atoms with Crippen LogP contribution in [-0.2, 0) is 4.79 Å². The van der Waals surface area contributed by atoms with E-state index in [-0.39, 0.29) is 11.7 Å². The van der Waals surface area contributed by atoms with Gasteiger partial charge in [0, 0.05) is 29.7 Å². The van der Waals surface area contributed by atoms with Crippen molar-refractivity contribution in [3.63, 3.8) is 0 Å². The maximum absolute atomic E-state index is 12.0. The standard InChI is InChI=1S/C19H18Cl2N4O2S/c1-24(2)17(26)11-28-19-23-22-18(12-5-4-6-13(20)9-12)25(19)15-10-14(21)7-8-16(15)27-3/h4-10H,11H2,1-3H3. The number of hydrogen-bond donors (Lipinski definition) is 0. The summed E-state index contributed by atoms with van der Waals surface area (Å²) < 4.78 is 7.34. The van der Waals surface area contributed by atoms with Crippen LogP contribution in [0.3, 0.4) is 0 Å². The second-order valence-electron chi connectivity index (χ2n) is 6.04. The minimum absolute atomic E-state index is 0.0260. The average molecular weight is 437 g/mol. The van der Waals surface area contributed by atoms with Gasteiger partial charge >= 0.3 is 0 Å². The topological polar surface area (TPSA) is 60.2 Å². The van der Waals surface area contributed by atoms with Gasteiger partial charge in [0.1, 0.15) is 5.75 Å². The third-order valence-electron chi connectivity index (χ3n) is 3.92. The molecule has 0 atom stereocenters. The Morgan fingerprint density at radius 3 is 2.57 bits per heavy atom. The molecule has 0 N–H and O–H groups in total. The Balaban J connectivity index is 2.15. The largest absolute Gasteiger partial charge is 0.495 e. The number of aromatic nitrogens is 3. The van der Waals surface area contributed by atoms with Gasteiger partial charge in [-0.05, 0) is 30.3 Å². The highest BCUT2D eigenvalue weighted by Gasteiger charge is 2.20. The highest BCUT2D eigenvalue weighted by molar-refractivity contribution is 7.99. The van der Waals surface area contributed by atoms with Crippen LogP contribution in [0.25, 0.3) is 17.1 Å². The molecule has 28 heavy (non-hydrogen) atoms. The van der Waals surface area contributed by atoms with E-state index >= 15 is 0 Å². The number of thioether (sulfide) groups is 1. The van der Waals surface area contributed by atoms with Gasteiger partial charge in [-0.1, -0.05) is 47.1 Å². The van der Waals surface area contributed by atoms with Crippen molar-refractivity contribution in [3.8, 4) is 22.8 Å². The van der Waals surface area contributed by atoms with Crippen LogP contribution in [-0.4, -0.2) is 52.5 Å². The summed E-state index contributed by atoms with van der Waals surface area (Å²) in [5.74, 6) is 1.38. The molecule has 1 amide bonds. The zero-order valence-electron chi connectivity index (χ0n) is 15.5. The van der Waals surface area contributed by atoms with Crippen molar-refractivity contribution in [2.45, 2.75) is 5.16 Å². The predicted molar refractivity (Wildman–Crippen MR) is 113 cm³/mol. The van der Waals surface area contributed by atoms with Gasteiger partial charge in [-0.25, -0.2) is 0 Å². The number of rotatable bonds is 6. The van der Waals surface area contributed by atoms with Crippen LogP contribution in [0.2, 0.25) is 10.0 Å². The third-order valence-corrected chi connectivity index (χ3v) is 5.31. The number of carbonyl (C=O) groups is 1. The van der Waals surface area contributed by atoms with Crippen molar-refractivity contribution in [1.29, 1.82) is 0 Å². The third kappa shape index (κ3) is 4.43. The lowest BCUT2D eigenvalue weighted by Gasteiger charge is -2.15. The first-order valence-corrected chi connectivity index (χ1v) is 10.0. The normalized spacial score (nSPS) is 10.8. The maximum Gasteiger partial charge on any atom is 0.232 e. The lowest BCUT2D eigenvalue weighted by atomic mass is 10.2. The summed E-state index contributed by atoms with van der Waals surface area (Å²) >= 11 is 13.7. The van der Waals surface area contributed by atoms with Crippen LogP contribution in [0.4, 0.5) is 0 Å². The number of nitrogens with zero attached hydrogens (tertiary/aromatic N) is 4. The molecule has 3 rings (SSSR count). The molecule has 3 aromatic rings. The molecule has 2 aromatic carbocycles. The van der Waals surface area contributed by atoms with E-state index in [0.29, 0.717) is 32.5 Å². The van der Waals surface area contributed by atoms with E-state index in [1.165, 1.54) is 16.7 Å². The highest BCUT2D eigenvalue weighted by Crippen LogP contribution is 2.34. The fraction of sp³-hybridized carbons (Fsp3) is 0.211. The van der Waals surface area contributed by atoms with E-state index in [1.54, 1.807) is 51.5 Å². The van der Waals surface area contributed by atoms with Crippen molar-refractivity contribution >= 4 is 40.9 Å². The molecule has 9 heteroatoms. The van der Waals surface area contributed by atoms with E-state index in [9.17, 15) is 4.79 Å². The molecular weight excluding hydrogens is 419 g/mol. The molecule has 0 radical (unpaired) electrons. The highest BCUT2D eigenvalue weighted by atomic mass is 35.5. The zero-order valence-corrected chi connectivity index (χ0v) is 17.8. The second-order valence-corrected chi connectivity index (χ2v) is 7.86. The molecule has 0 aliphatic carbocycles.